The third kappa shape index (κ3) is 5.23. The van der Waals surface area contributed by atoms with Crippen LogP contribution in [0.5, 0.6) is 0 Å². The van der Waals surface area contributed by atoms with Crippen molar-refractivity contribution in [3.63, 3.8) is 0 Å². The molecule has 1 saturated heterocycles. The highest BCUT2D eigenvalue weighted by molar-refractivity contribution is 7.99. The largest absolute Gasteiger partial charge is 0.368 e. The first-order valence-corrected chi connectivity index (χ1v) is 12.7. The lowest BCUT2D eigenvalue weighted by Gasteiger charge is -2.39. The van der Waals surface area contributed by atoms with Crippen molar-refractivity contribution in [2.24, 2.45) is 0 Å². The molecule has 35 heavy (non-hydrogen) atoms. The zero-order valence-electron chi connectivity index (χ0n) is 19.4. The van der Waals surface area contributed by atoms with Gasteiger partial charge in [-0.3, -0.25) is 14.3 Å². The summed E-state index contributed by atoms with van der Waals surface area (Å²) in [7, 11) is 0. The van der Waals surface area contributed by atoms with E-state index in [2.05, 4.69) is 63.6 Å². The highest BCUT2D eigenvalue weighted by atomic mass is 32.2. The minimum absolute atomic E-state index is 0.104. The topological polar surface area (TPSA) is 80.3 Å². The molecule has 178 valence electrons. The number of hydrogen-bond acceptors (Lipinski definition) is 6. The summed E-state index contributed by atoms with van der Waals surface area (Å²) in [6.07, 6.45) is 0. The Labute approximate surface area is 209 Å². The van der Waals surface area contributed by atoms with Gasteiger partial charge in [0.2, 0.25) is 11.9 Å². The van der Waals surface area contributed by atoms with Gasteiger partial charge in [0.05, 0.1) is 17.5 Å². The van der Waals surface area contributed by atoms with Crippen LogP contribution in [0.15, 0.2) is 96.2 Å². The highest BCUT2D eigenvalue weighted by Crippen LogP contribution is 2.30. The van der Waals surface area contributed by atoms with E-state index in [-0.39, 0.29) is 11.9 Å². The number of carbonyl (C=O) groups excluding carboxylic acids is 1. The number of carbonyl (C=O) groups is 1. The van der Waals surface area contributed by atoms with Gasteiger partial charge in [-0.25, -0.2) is 0 Å². The lowest BCUT2D eigenvalue weighted by atomic mass is 9.96. The van der Waals surface area contributed by atoms with Gasteiger partial charge >= 0.3 is 0 Å². The minimum atomic E-state index is 0.104. The van der Waals surface area contributed by atoms with Crippen LogP contribution in [-0.4, -0.2) is 62.4 Å². The molecule has 0 radical (unpaired) electrons. The molecule has 0 spiro atoms. The van der Waals surface area contributed by atoms with E-state index in [4.69, 9.17) is 5.73 Å². The summed E-state index contributed by atoms with van der Waals surface area (Å²) in [5, 5.41) is 8.81. The zero-order chi connectivity index (χ0) is 24.0. The predicted molar refractivity (Wildman–Crippen MR) is 139 cm³/mol. The Morgan fingerprint density at radius 1 is 0.800 bits per heavy atom. The number of benzene rings is 3. The number of rotatable bonds is 7. The predicted octanol–water partition coefficient (Wildman–Crippen LogP) is 3.88. The maximum Gasteiger partial charge on any atom is 0.233 e. The van der Waals surface area contributed by atoms with E-state index in [1.54, 1.807) is 4.57 Å². The number of para-hydroxylation sites is 1. The third-order valence-corrected chi connectivity index (χ3v) is 7.17. The molecule has 1 amide bonds. The summed E-state index contributed by atoms with van der Waals surface area (Å²) in [6.45, 7) is 3.03. The van der Waals surface area contributed by atoms with Gasteiger partial charge in [0.1, 0.15) is 0 Å². The van der Waals surface area contributed by atoms with Crippen molar-refractivity contribution in [1.82, 2.24) is 24.6 Å². The number of piperazine rings is 1. The standard InChI is InChI=1S/C27H28N6OS/c28-26-29-30-27(33(26)23-14-8-3-9-15-23)35-20-24(34)31-16-18-32(19-17-31)25(21-10-4-1-5-11-21)22-12-6-2-7-13-22/h1-15,25H,16-20H2,(H2,28,29). The molecule has 0 bridgehead atoms. The quantitative estimate of drug-likeness (QED) is 0.401. The van der Waals surface area contributed by atoms with Crippen LogP contribution in [0.25, 0.3) is 5.69 Å². The van der Waals surface area contributed by atoms with E-state index in [0.717, 1.165) is 18.8 Å². The van der Waals surface area contributed by atoms with Crippen LogP contribution in [0.4, 0.5) is 5.95 Å². The summed E-state index contributed by atoms with van der Waals surface area (Å²) < 4.78 is 1.78. The molecule has 1 aliphatic rings. The molecule has 4 aromatic rings. The van der Waals surface area contributed by atoms with Gasteiger partial charge in [-0.1, -0.05) is 90.6 Å². The van der Waals surface area contributed by atoms with Crippen molar-refractivity contribution in [3.8, 4) is 5.69 Å². The first-order valence-electron chi connectivity index (χ1n) is 11.7. The summed E-state index contributed by atoms with van der Waals surface area (Å²) in [5.41, 5.74) is 9.46. The Balaban J connectivity index is 1.23. The van der Waals surface area contributed by atoms with Gasteiger partial charge in [0.15, 0.2) is 5.16 Å². The Kier molecular flexibility index (Phi) is 7.11. The number of amides is 1. The molecule has 5 rings (SSSR count). The summed E-state index contributed by atoms with van der Waals surface area (Å²) in [6, 6.07) is 31.1. The molecular weight excluding hydrogens is 456 g/mol. The van der Waals surface area contributed by atoms with E-state index in [1.165, 1.54) is 22.9 Å². The van der Waals surface area contributed by atoms with E-state index in [9.17, 15) is 4.79 Å². The first kappa shape index (κ1) is 23.1. The van der Waals surface area contributed by atoms with Gasteiger partial charge in [0, 0.05) is 26.2 Å². The normalized spacial score (nSPS) is 14.4. The van der Waals surface area contributed by atoms with Crippen LogP contribution < -0.4 is 5.73 Å². The first-order chi connectivity index (χ1) is 17.2. The van der Waals surface area contributed by atoms with Crippen molar-refractivity contribution in [2.75, 3.05) is 37.7 Å². The molecular formula is C27H28N6OS. The second-order valence-electron chi connectivity index (χ2n) is 8.44. The lowest BCUT2D eigenvalue weighted by Crippen LogP contribution is -2.50. The van der Waals surface area contributed by atoms with Crippen molar-refractivity contribution in [1.29, 1.82) is 0 Å². The molecule has 0 saturated carbocycles. The van der Waals surface area contributed by atoms with E-state index in [1.807, 2.05) is 47.4 Å². The van der Waals surface area contributed by atoms with Crippen LogP contribution in [0.3, 0.4) is 0 Å². The van der Waals surface area contributed by atoms with Crippen molar-refractivity contribution < 1.29 is 4.79 Å². The number of nitrogens with zero attached hydrogens (tertiary/aromatic N) is 5. The van der Waals surface area contributed by atoms with Crippen molar-refractivity contribution in [3.05, 3.63) is 102 Å². The summed E-state index contributed by atoms with van der Waals surface area (Å²) >= 11 is 1.37. The molecule has 1 aliphatic heterocycles. The fraction of sp³-hybridized carbons (Fsp3) is 0.222. The molecule has 0 atom stereocenters. The highest BCUT2D eigenvalue weighted by Gasteiger charge is 2.28. The smallest absolute Gasteiger partial charge is 0.233 e. The molecule has 1 fully saturated rings. The fourth-order valence-corrected chi connectivity index (χ4v) is 5.39. The molecule has 0 aliphatic carbocycles. The Morgan fingerprint density at radius 2 is 1.34 bits per heavy atom. The SMILES string of the molecule is Nc1nnc(SCC(=O)N2CCN(C(c3ccccc3)c3ccccc3)CC2)n1-c1ccccc1. The van der Waals surface area contributed by atoms with Crippen LogP contribution in [-0.2, 0) is 4.79 Å². The molecule has 7 nitrogen and oxygen atoms in total. The fourth-order valence-electron chi connectivity index (χ4n) is 4.53. The third-order valence-electron chi connectivity index (χ3n) is 6.26. The second kappa shape index (κ2) is 10.8. The minimum Gasteiger partial charge on any atom is -0.368 e. The van der Waals surface area contributed by atoms with E-state index >= 15 is 0 Å². The molecule has 0 unspecified atom stereocenters. The van der Waals surface area contributed by atoms with Crippen LogP contribution in [0, 0.1) is 0 Å². The maximum atomic E-state index is 13.0. The van der Waals surface area contributed by atoms with Gasteiger partial charge in [-0.05, 0) is 23.3 Å². The molecule has 3 aromatic carbocycles. The Hall–Kier alpha value is -3.62. The van der Waals surface area contributed by atoms with E-state index in [0.29, 0.717) is 29.9 Å². The lowest BCUT2D eigenvalue weighted by molar-refractivity contribution is -0.130. The summed E-state index contributed by atoms with van der Waals surface area (Å²) in [4.78, 5) is 17.5. The number of aromatic nitrogens is 3. The monoisotopic (exact) mass is 484 g/mol. The van der Waals surface area contributed by atoms with Crippen LogP contribution in [0.1, 0.15) is 17.2 Å². The summed E-state index contributed by atoms with van der Waals surface area (Å²) in [5.74, 6) is 0.714. The molecule has 8 heteroatoms. The number of hydrogen-bond donors (Lipinski definition) is 1. The number of nitrogens with two attached hydrogens (primary N) is 1. The average molecular weight is 485 g/mol. The van der Waals surface area contributed by atoms with Crippen LogP contribution in [0.2, 0.25) is 0 Å². The van der Waals surface area contributed by atoms with Gasteiger partial charge in [0.25, 0.3) is 0 Å². The molecule has 1 aromatic heterocycles. The van der Waals surface area contributed by atoms with Gasteiger partial charge in [-0.2, -0.15) is 0 Å². The Morgan fingerprint density at radius 3 is 1.91 bits per heavy atom. The van der Waals surface area contributed by atoms with E-state index < -0.39 is 0 Å². The number of anilines is 1. The molecule has 2 N–H and O–H groups in total. The van der Waals surface area contributed by atoms with Gasteiger partial charge in [-0.15, -0.1) is 10.2 Å². The molecule has 2 heterocycles. The number of thioether (sulfide) groups is 1. The second-order valence-corrected chi connectivity index (χ2v) is 9.38. The van der Waals surface area contributed by atoms with Crippen molar-refractivity contribution in [2.45, 2.75) is 11.2 Å². The van der Waals surface area contributed by atoms with Crippen LogP contribution >= 0.6 is 11.8 Å². The number of nitrogen functional groups attached to an aromatic ring is 1. The maximum absolute atomic E-state index is 13.0. The van der Waals surface area contributed by atoms with Gasteiger partial charge < -0.3 is 10.6 Å². The average Bonchev–Trinajstić information content (AvgIpc) is 3.29. The Bertz CT molecular complexity index is 1200. The van der Waals surface area contributed by atoms with Crippen molar-refractivity contribution >= 4 is 23.6 Å². The zero-order valence-corrected chi connectivity index (χ0v) is 20.2.